The van der Waals surface area contributed by atoms with Crippen molar-refractivity contribution in [1.29, 1.82) is 0 Å². The number of methoxy groups -OCH3 is 1. The molecule has 0 aliphatic carbocycles. The lowest BCUT2D eigenvalue weighted by Crippen LogP contribution is -2.62. The van der Waals surface area contributed by atoms with Crippen molar-refractivity contribution in [2.75, 3.05) is 19.9 Å². The smallest absolute Gasteiger partial charge is 0.324 e. The van der Waals surface area contributed by atoms with E-state index in [2.05, 4.69) is 29.2 Å². The zero-order chi connectivity index (χ0) is 19.6. The van der Waals surface area contributed by atoms with E-state index in [-0.39, 0.29) is 18.0 Å². The van der Waals surface area contributed by atoms with E-state index in [0.29, 0.717) is 6.54 Å². The quantitative estimate of drug-likeness (QED) is 0.713. The summed E-state index contributed by atoms with van der Waals surface area (Å²) in [6.07, 6.45) is 1.11. The zero-order valence-electron chi connectivity index (χ0n) is 15.8. The fourth-order valence-corrected chi connectivity index (χ4v) is 5.38. The van der Waals surface area contributed by atoms with Crippen LogP contribution in [0, 0.1) is 5.92 Å². The van der Waals surface area contributed by atoms with Gasteiger partial charge in [-0.05, 0) is 18.1 Å². The molecular formula is C21H25NO4S. The summed E-state index contributed by atoms with van der Waals surface area (Å²) in [6.45, 7) is 2.50. The molecule has 0 N–H and O–H groups in total. The maximum atomic E-state index is 12.2. The molecule has 1 heterocycles. The Labute approximate surface area is 160 Å². The van der Waals surface area contributed by atoms with Gasteiger partial charge in [0.05, 0.1) is 13.2 Å². The topological polar surface area (TPSA) is 63.7 Å². The predicted octanol–water partition coefficient (Wildman–Crippen LogP) is 2.68. The molecule has 1 aliphatic heterocycles. The van der Waals surface area contributed by atoms with Gasteiger partial charge in [0.2, 0.25) is 0 Å². The van der Waals surface area contributed by atoms with Gasteiger partial charge < -0.3 is 4.74 Å². The van der Waals surface area contributed by atoms with E-state index in [1.54, 1.807) is 0 Å². The lowest BCUT2D eigenvalue weighted by atomic mass is 9.82. The van der Waals surface area contributed by atoms with Crippen LogP contribution in [0.15, 0.2) is 60.7 Å². The number of hydrogen-bond donors (Lipinski definition) is 0. The van der Waals surface area contributed by atoms with Crippen LogP contribution in [-0.4, -0.2) is 50.5 Å². The Balaban J connectivity index is 1.92. The largest absolute Gasteiger partial charge is 0.468 e. The standard InChI is InChI=1S/C21H25NO4S/c1-15-18(20(21(23)26-2)27(3,24)25)14-22(15)19(16-10-6-4-7-11-16)17-12-8-5-9-13-17/h4-13,15,18-20H,14H2,1-3H3/t15-,18+,20-/m1/s1. The SMILES string of the molecule is COC(=O)[C@@H]([C@H]1CN(C(c2ccccc2)c2ccccc2)[C@@H]1C)S(C)(=O)=O. The predicted molar refractivity (Wildman–Crippen MR) is 105 cm³/mol. The van der Waals surface area contributed by atoms with Crippen LogP contribution in [0.3, 0.4) is 0 Å². The molecule has 2 aromatic rings. The van der Waals surface area contributed by atoms with E-state index in [1.165, 1.54) is 7.11 Å². The highest BCUT2D eigenvalue weighted by Crippen LogP contribution is 2.41. The zero-order valence-corrected chi connectivity index (χ0v) is 16.6. The number of ether oxygens (including phenoxy) is 1. The fourth-order valence-electron chi connectivity index (χ4n) is 3.99. The fraction of sp³-hybridized carbons (Fsp3) is 0.381. The van der Waals surface area contributed by atoms with Crippen LogP contribution < -0.4 is 0 Å². The Morgan fingerprint density at radius 3 is 1.89 bits per heavy atom. The van der Waals surface area contributed by atoms with Crippen LogP contribution in [0.5, 0.6) is 0 Å². The molecule has 0 spiro atoms. The molecule has 0 bridgehead atoms. The minimum atomic E-state index is -3.55. The number of esters is 1. The third kappa shape index (κ3) is 3.92. The second-order valence-corrected chi connectivity index (χ2v) is 9.27. The number of likely N-dealkylation sites (tertiary alicyclic amines) is 1. The van der Waals surface area contributed by atoms with E-state index in [0.717, 1.165) is 17.4 Å². The lowest BCUT2D eigenvalue weighted by Gasteiger charge is -2.52. The van der Waals surface area contributed by atoms with Gasteiger partial charge in [-0.3, -0.25) is 9.69 Å². The minimum absolute atomic E-state index is 0.0107. The summed E-state index contributed by atoms with van der Waals surface area (Å²) < 4.78 is 29.2. The van der Waals surface area contributed by atoms with Crippen molar-refractivity contribution >= 4 is 15.8 Å². The van der Waals surface area contributed by atoms with E-state index in [4.69, 9.17) is 4.74 Å². The second-order valence-electron chi connectivity index (χ2n) is 7.10. The van der Waals surface area contributed by atoms with E-state index < -0.39 is 21.1 Å². The number of benzene rings is 2. The first-order chi connectivity index (χ1) is 12.8. The summed E-state index contributed by atoms with van der Waals surface area (Å²) in [5.41, 5.74) is 2.28. The van der Waals surface area contributed by atoms with Crippen molar-refractivity contribution in [3.8, 4) is 0 Å². The number of carbonyl (C=O) groups is 1. The molecule has 2 aromatic carbocycles. The molecule has 144 valence electrons. The first-order valence-corrected chi connectivity index (χ1v) is 10.9. The van der Waals surface area contributed by atoms with Crippen molar-refractivity contribution in [3.63, 3.8) is 0 Å². The molecule has 0 amide bonds. The Kier molecular flexibility index (Phi) is 5.67. The first kappa shape index (κ1) is 19.6. The van der Waals surface area contributed by atoms with Crippen LogP contribution in [0.25, 0.3) is 0 Å². The third-order valence-electron chi connectivity index (χ3n) is 5.41. The summed E-state index contributed by atoms with van der Waals surface area (Å²) in [7, 11) is -2.31. The summed E-state index contributed by atoms with van der Waals surface area (Å²) in [5.74, 6) is -0.965. The van der Waals surface area contributed by atoms with Crippen LogP contribution >= 0.6 is 0 Å². The molecule has 6 heteroatoms. The van der Waals surface area contributed by atoms with Gasteiger partial charge in [-0.25, -0.2) is 8.42 Å². The Bertz CT molecular complexity index is 843. The molecular weight excluding hydrogens is 362 g/mol. The van der Waals surface area contributed by atoms with Crippen molar-refractivity contribution < 1.29 is 17.9 Å². The van der Waals surface area contributed by atoms with Gasteiger partial charge in [0.25, 0.3) is 0 Å². The normalized spacial score (nSPS) is 21.5. The molecule has 1 aliphatic rings. The molecule has 3 rings (SSSR count). The Morgan fingerprint density at radius 1 is 1.04 bits per heavy atom. The van der Waals surface area contributed by atoms with Gasteiger partial charge in [0, 0.05) is 24.8 Å². The minimum Gasteiger partial charge on any atom is -0.468 e. The molecule has 3 atom stereocenters. The third-order valence-corrected chi connectivity index (χ3v) is 6.87. The number of rotatable bonds is 6. The van der Waals surface area contributed by atoms with Crippen LogP contribution in [-0.2, 0) is 19.4 Å². The highest BCUT2D eigenvalue weighted by Gasteiger charge is 2.50. The molecule has 0 aromatic heterocycles. The maximum Gasteiger partial charge on any atom is 0.324 e. The van der Waals surface area contributed by atoms with Crippen molar-refractivity contribution in [1.82, 2.24) is 4.90 Å². The first-order valence-electron chi connectivity index (χ1n) is 8.97. The molecule has 0 radical (unpaired) electrons. The number of carbonyl (C=O) groups excluding carboxylic acids is 1. The highest BCUT2D eigenvalue weighted by atomic mass is 32.2. The van der Waals surface area contributed by atoms with Gasteiger partial charge in [-0.1, -0.05) is 60.7 Å². The summed E-state index contributed by atoms with van der Waals surface area (Å²) in [6, 6.07) is 20.2. The second kappa shape index (κ2) is 7.82. The van der Waals surface area contributed by atoms with Crippen molar-refractivity contribution in [3.05, 3.63) is 71.8 Å². The van der Waals surface area contributed by atoms with Crippen molar-refractivity contribution in [2.24, 2.45) is 5.92 Å². The number of sulfone groups is 1. The molecule has 0 saturated carbocycles. The van der Waals surface area contributed by atoms with Crippen molar-refractivity contribution in [2.45, 2.75) is 24.3 Å². The van der Waals surface area contributed by atoms with Crippen LogP contribution in [0.2, 0.25) is 0 Å². The monoisotopic (exact) mass is 387 g/mol. The average Bonchev–Trinajstić information content (AvgIpc) is 2.67. The van der Waals surface area contributed by atoms with Crippen LogP contribution in [0.1, 0.15) is 24.1 Å². The molecule has 1 fully saturated rings. The van der Waals surface area contributed by atoms with E-state index >= 15 is 0 Å². The number of hydrogen-bond acceptors (Lipinski definition) is 5. The average molecular weight is 388 g/mol. The summed E-state index contributed by atoms with van der Waals surface area (Å²) >= 11 is 0. The van der Waals surface area contributed by atoms with E-state index in [9.17, 15) is 13.2 Å². The molecule has 1 saturated heterocycles. The summed E-state index contributed by atoms with van der Waals surface area (Å²) in [5, 5.41) is -1.12. The maximum absolute atomic E-state index is 12.2. The van der Waals surface area contributed by atoms with Crippen LogP contribution in [0.4, 0.5) is 0 Å². The molecule has 0 unspecified atom stereocenters. The lowest BCUT2D eigenvalue weighted by molar-refractivity contribution is -0.144. The Hall–Kier alpha value is -2.18. The molecule has 5 nitrogen and oxygen atoms in total. The van der Waals surface area contributed by atoms with E-state index in [1.807, 2.05) is 43.3 Å². The Morgan fingerprint density at radius 2 is 1.52 bits per heavy atom. The summed E-state index contributed by atoms with van der Waals surface area (Å²) in [4.78, 5) is 14.4. The highest BCUT2D eigenvalue weighted by molar-refractivity contribution is 7.92. The number of nitrogens with zero attached hydrogens (tertiary/aromatic N) is 1. The van der Waals surface area contributed by atoms with Gasteiger partial charge >= 0.3 is 5.97 Å². The van der Waals surface area contributed by atoms with Gasteiger partial charge in [0.15, 0.2) is 15.1 Å². The van der Waals surface area contributed by atoms with Gasteiger partial charge in [-0.15, -0.1) is 0 Å². The van der Waals surface area contributed by atoms with Gasteiger partial charge in [0.1, 0.15) is 0 Å². The van der Waals surface area contributed by atoms with Gasteiger partial charge in [-0.2, -0.15) is 0 Å². The molecule has 27 heavy (non-hydrogen) atoms.